The summed E-state index contributed by atoms with van der Waals surface area (Å²) >= 11 is 6.08. The summed E-state index contributed by atoms with van der Waals surface area (Å²) in [6.45, 7) is 6.70. The van der Waals surface area contributed by atoms with Crippen LogP contribution in [0.2, 0.25) is 5.15 Å². The van der Waals surface area contributed by atoms with Gasteiger partial charge in [-0.2, -0.15) is 13.2 Å². The molecule has 24 heteroatoms. The van der Waals surface area contributed by atoms with Crippen molar-refractivity contribution in [1.29, 1.82) is 0 Å². The molecule has 2 amide bonds. The quantitative estimate of drug-likeness (QED) is 0.0375. The number of piperidine rings is 1. The predicted molar refractivity (Wildman–Crippen MR) is 252 cm³/mol. The van der Waals surface area contributed by atoms with Crippen molar-refractivity contribution in [3.05, 3.63) is 70.5 Å². The number of aryl methyl sites for hydroxylation is 2. The number of carboxylic acids is 1. The summed E-state index contributed by atoms with van der Waals surface area (Å²) in [5.74, 6) is -2.54. The van der Waals surface area contributed by atoms with E-state index in [-0.39, 0.29) is 79.9 Å². The molecule has 71 heavy (non-hydrogen) atoms. The highest BCUT2D eigenvalue weighted by Crippen LogP contribution is 2.25. The lowest BCUT2D eigenvalue weighted by atomic mass is 9.99. The topological polar surface area (TPSA) is 289 Å². The van der Waals surface area contributed by atoms with Crippen molar-refractivity contribution in [2.45, 2.75) is 63.6 Å². The van der Waals surface area contributed by atoms with Crippen LogP contribution < -0.4 is 36.7 Å². The van der Waals surface area contributed by atoms with Crippen molar-refractivity contribution in [3.63, 3.8) is 0 Å². The van der Waals surface area contributed by atoms with Gasteiger partial charge in [0.1, 0.15) is 24.1 Å². The van der Waals surface area contributed by atoms with E-state index in [4.69, 9.17) is 71.6 Å². The van der Waals surface area contributed by atoms with Gasteiger partial charge >= 0.3 is 6.18 Å². The molecule has 0 aliphatic carbocycles. The molecule has 1 aromatic heterocycles. The Labute approximate surface area is 416 Å². The first-order valence-electron chi connectivity index (χ1n) is 23.3. The number of benzene rings is 2. The van der Waals surface area contributed by atoms with Crippen molar-refractivity contribution in [3.8, 4) is 11.5 Å². The number of aliphatic hydroxyl groups excluding tert-OH is 2. The Morgan fingerprint density at radius 1 is 0.746 bits per heavy atom. The van der Waals surface area contributed by atoms with E-state index in [0.29, 0.717) is 70.5 Å². The standard InChI is InChI=1S/C45H66ClN7O11.C2HF3O2/c46-42-44(48)52-43(47)41(51-42)45(58)50-36-7-3-20-53(31-36,18-1-5-34-9-13-38(14-10-34)63-32-37(56)8-4-23-59-27-29-61-25-21-54)19-2-6-35-11-15-39(16-12-35)64-33-40(57)49-17-24-60-28-30-62-26-22-55;3-2(4,5)1(6)7/h9-16,36,54-55H,1-8,17-33H2,(H5-,47,48,49,50,52,57,58);(H,6,7). The van der Waals surface area contributed by atoms with E-state index < -0.39 is 18.1 Å². The van der Waals surface area contributed by atoms with Crippen molar-refractivity contribution < 1.29 is 80.6 Å². The van der Waals surface area contributed by atoms with E-state index in [1.807, 2.05) is 48.5 Å². The number of quaternary nitrogens is 1. The highest BCUT2D eigenvalue weighted by molar-refractivity contribution is 6.31. The third-order valence-electron chi connectivity index (χ3n) is 10.8. The van der Waals surface area contributed by atoms with Gasteiger partial charge in [-0.15, -0.1) is 0 Å². The van der Waals surface area contributed by atoms with Gasteiger partial charge in [0.05, 0.1) is 91.7 Å². The maximum absolute atomic E-state index is 13.4. The number of likely N-dealkylation sites (tertiary alicyclic amines) is 1. The monoisotopic (exact) mass is 1030 g/mol. The molecule has 0 radical (unpaired) electrons. The Bertz CT molecular complexity index is 1960. The maximum Gasteiger partial charge on any atom is 0.430 e. The van der Waals surface area contributed by atoms with Crippen molar-refractivity contribution >= 4 is 46.8 Å². The minimum absolute atomic E-state index is 0.000533. The molecular weight excluding hydrogens is 963 g/mol. The highest BCUT2D eigenvalue weighted by Gasteiger charge is 2.36. The number of ether oxygens (including phenoxy) is 6. The number of halogens is 4. The number of carboxylic acid groups (broad SMARTS) is 1. The van der Waals surface area contributed by atoms with Gasteiger partial charge in [-0.1, -0.05) is 35.9 Å². The molecule has 1 saturated heterocycles. The molecule has 3 aromatic rings. The average molecular weight is 1030 g/mol. The Morgan fingerprint density at radius 3 is 1.80 bits per heavy atom. The van der Waals surface area contributed by atoms with Crippen LogP contribution in [0.25, 0.3) is 0 Å². The molecule has 2 atom stereocenters. The molecule has 1 fully saturated rings. The Kier molecular flexibility index (Phi) is 28.1. The lowest BCUT2D eigenvalue weighted by Crippen LogP contribution is -2.60. The summed E-state index contributed by atoms with van der Waals surface area (Å²) in [6, 6.07) is 15.6. The number of carbonyl (C=O) groups is 4. The number of nitrogen functional groups attached to an aromatic ring is 2. The normalized spacial score (nSPS) is 15.5. The fourth-order valence-corrected chi connectivity index (χ4v) is 7.53. The number of hydrogen-bond donors (Lipinski definition) is 6. The number of amides is 2. The van der Waals surface area contributed by atoms with Gasteiger partial charge in [0.2, 0.25) is 0 Å². The number of anilines is 2. The summed E-state index contributed by atoms with van der Waals surface area (Å²) < 4.78 is 65.0. The third-order valence-corrected chi connectivity index (χ3v) is 11.1. The van der Waals surface area contributed by atoms with Gasteiger partial charge in [0.25, 0.3) is 11.8 Å². The molecular formula is C47H67ClF3N7O13. The molecule has 4 rings (SSSR count). The molecule has 8 N–H and O–H groups in total. The van der Waals surface area contributed by atoms with Crippen LogP contribution >= 0.6 is 11.6 Å². The number of hydrogen-bond acceptors (Lipinski definition) is 17. The zero-order chi connectivity index (χ0) is 51.9. The van der Waals surface area contributed by atoms with Crippen molar-refractivity contribution in [2.24, 2.45) is 0 Å². The van der Waals surface area contributed by atoms with Crippen molar-refractivity contribution in [2.75, 3.05) is 123 Å². The van der Waals surface area contributed by atoms with Gasteiger partial charge in [-0.3, -0.25) is 14.4 Å². The number of nitrogens with one attached hydrogen (secondary N) is 2. The molecule has 0 saturated carbocycles. The molecule has 0 spiro atoms. The molecule has 2 aromatic carbocycles. The second kappa shape index (κ2) is 33.3. The van der Waals surface area contributed by atoms with Crippen LogP contribution in [0.5, 0.6) is 11.5 Å². The largest absolute Gasteiger partial charge is 0.542 e. The highest BCUT2D eigenvalue weighted by atomic mass is 35.5. The van der Waals surface area contributed by atoms with E-state index in [1.54, 1.807) is 0 Å². The number of aliphatic carboxylic acids is 1. The summed E-state index contributed by atoms with van der Waals surface area (Å²) in [5.41, 5.74) is 14.0. The fraction of sp³-hybridized carbons (Fsp3) is 0.574. The molecule has 2 unspecified atom stereocenters. The number of aliphatic hydroxyl groups is 2. The van der Waals surface area contributed by atoms with E-state index >= 15 is 0 Å². The number of Topliss-reactive ketones (excluding diaryl/α,β-unsaturated/α-hetero) is 1. The maximum atomic E-state index is 13.4. The first-order valence-corrected chi connectivity index (χ1v) is 23.7. The van der Waals surface area contributed by atoms with E-state index in [0.717, 1.165) is 74.8 Å². The fourth-order valence-electron chi connectivity index (χ4n) is 7.41. The number of aromatic nitrogens is 2. The van der Waals surface area contributed by atoms with Crippen LogP contribution in [-0.2, 0) is 46.2 Å². The number of alkyl halides is 3. The second-order valence-electron chi connectivity index (χ2n) is 16.4. The van der Waals surface area contributed by atoms with Crippen LogP contribution in [0.1, 0.15) is 60.1 Å². The molecule has 2 heterocycles. The summed E-state index contributed by atoms with van der Waals surface area (Å²) in [4.78, 5) is 54.8. The van der Waals surface area contributed by atoms with Crippen LogP contribution in [-0.4, -0.2) is 172 Å². The number of nitrogens with zero attached hydrogens (tertiary/aromatic N) is 3. The predicted octanol–water partition coefficient (Wildman–Crippen LogP) is 1.84. The Morgan fingerprint density at radius 2 is 1.27 bits per heavy atom. The summed E-state index contributed by atoms with van der Waals surface area (Å²) in [5, 5.41) is 32.1. The van der Waals surface area contributed by atoms with Crippen LogP contribution in [0, 0.1) is 0 Å². The smallest absolute Gasteiger partial charge is 0.430 e. The minimum atomic E-state index is -5.19. The molecule has 0 bridgehead atoms. The second-order valence-corrected chi connectivity index (χ2v) is 16.7. The minimum Gasteiger partial charge on any atom is -0.542 e. The lowest BCUT2D eigenvalue weighted by Gasteiger charge is -2.45. The molecule has 396 valence electrons. The average Bonchev–Trinajstić information content (AvgIpc) is 3.33. The van der Waals surface area contributed by atoms with E-state index in [9.17, 15) is 27.6 Å². The molecule has 1 aliphatic rings. The number of ketones is 1. The number of carbonyl (C=O) groups excluding carboxylic acids is 4. The Balaban J connectivity index is 0.00000176. The lowest BCUT2D eigenvalue weighted by molar-refractivity contribution is -0.933. The zero-order valence-corrected chi connectivity index (χ0v) is 40.5. The van der Waals surface area contributed by atoms with Crippen LogP contribution in [0.15, 0.2) is 48.5 Å². The molecule has 20 nitrogen and oxygen atoms in total. The zero-order valence-electron chi connectivity index (χ0n) is 39.8. The first-order chi connectivity index (χ1) is 34.0. The van der Waals surface area contributed by atoms with Crippen molar-refractivity contribution in [1.82, 2.24) is 20.6 Å². The van der Waals surface area contributed by atoms with Gasteiger partial charge in [0, 0.05) is 32.4 Å². The number of rotatable bonds is 33. The SMILES string of the molecule is Nc1nc(N)c(C(=O)NC2CCC[N+](CCCc3ccc(OCC(=O)CCCOCCOCCO)cc3)(CCCc3ccc(OCC(=O)NCCOCCOCCO)cc3)C2)nc1Cl.O=C([O-])C(F)(F)F. The number of nitrogens with two attached hydrogens (primary N) is 2. The first kappa shape index (κ1) is 59.9. The summed E-state index contributed by atoms with van der Waals surface area (Å²) in [6.07, 6.45) is 1.06. The third kappa shape index (κ3) is 25.0. The van der Waals surface area contributed by atoms with Gasteiger partial charge in [-0.25, -0.2) is 9.97 Å². The van der Waals surface area contributed by atoms with Crippen LogP contribution in [0.3, 0.4) is 0 Å². The van der Waals surface area contributed by atoms with E-state index in [1.165, 1.54) is 5.56 Å². The van der Waals surface area contributed by atoms with Gasteiger partial charge in [0.15, 0.2) is 34.9 Å². The van der Waals surface area contributed by atoms with Gasteiger partial charge < -0.3 is 75.1 Å². The Hall–Kier alpha value is -5.40. The summed E-state index contributed by atoms with van der Waals surface area (Å²) in [7, 11) is 0. The van der Waals surface area contributed by atoms with Gasteiger partial charge in [-0.05, 0) is 67.5 Å². The van der Waals surface area contributed by atoms with Crippen LogP contribution in [0.4, 0.5) is 24.8 Å². The molecule has 1 aliphatic heterocycles. The van der Waals surface area contributed by atoms with E-state index in [2.05, 4.69) is 20.6 Å².